The number of likely N-dealkylation sites (tertiary alicyclic amines) is 1. The van der Waals surface area contributed by atoms with Gasteiger partial charge < -0.3 is 15.1 Å². The fraction of sp³-hybridized carbons (Fsp3) is 0.647. The number of rotatable bonds is 6. The van der Waals surface area contributed by atoms with E-state index in [4.69, 9.17) is 0 Å². The Kier molecular flexibility index (Phi) is 6.89. The maximum atomic E-state index is 12.3. The summed E-state index contributed by atoms with van der Waals surface area (Å²) in [5.41, 5.74) is 0. The van der Waals surface area contributed by atoms with Crippen molar-refractivity contribution in [3.63, 3.8) is 0 Å². The molecule has 0 aliphatic carbocycles. The van der Waals surface area contributed by atoms with E-state index in [1.165, 1.54) is 4.88 Å². The number of carbonyl (C=O) groups excluding carboxylic acids is 2. The second kappa shape index (κ2) is 8.91. The maximum absolute atomic E-state index is 12.3. The summed E-state index contributed by atoms with van der Waals surface area (Å²) < 4.78 is 0. The molecule has 6 heteroatoms. The number of nitrogens with zero attached hydrogens (tertiary/aromatic N) is 2. The van der Waals surface area contributed by atoms with Gasteiger partial charge in [0.1, 0.15) is 0 Å². The quantitative estimate of drug-likeness (QED) is 0.867. The molecule has 3 amide bonds. The minimum atomic E-state index is 0.0408. The van der Waals surface area contributed by atoms with Gasteiger partial charge in [-0.2, -0.15) is 0 Å². The van der Waals surface area contributed by atoms with Crippen molar-refractivity contribution in [3.8, 4) is 0 Å². The lowest BCUT2D eigenvalue weighted by atomic mass is 9.96. The van der Waals surface area contributed by atoms with E-state index in [-0.39, 0.29) is 17.9 Å². The zero-order chi connectivity index (χ0) is 16.7. The van der Waals surface area contributed by atoms with E-state index in [0.717, 1.165) is 32.4 Å². The second-order valence-corrected chi connectivity index (χ2v) is 6.87. The maximum Gasteiger partial charge on any atom is 0.319 e. The molecule has 2 rings (SSSR count). The van der Waals surface area contributed by atoms with Crippen molar-refractivity contribution in [2.45, 2.75) is 33.1 Å². The molecular weight excluding hydrogens is 310 g/mol. The molecule has 0 spiro atoms. The van der Waals surface area contributed by atoms with Crippen LogP contribution < -0.4 is 5.32 Å². The van der Waals surface area contributed by atoms with Crippen LogP contribution in [0.4, 0.5) is 4.79 Å². The van der Waals surface area contributed by atoms with Gasteiger partial charge in [-0.3, -0.25) is 4.79 Å². The molecule has 1 aromatic heterocycles. The Balaban J connectivity index is 1.71. The average molecular weight is 337 g/mol. The Morgan fingerprint density at radius 3 is 2.57 bits per heavy atom. The molecule has 0 atom stereocenters. The molecule has 128 valence electrons. The molecule has 0 aromatic carbocycles. The van der Waals surface area contributed by atoms with E-state index in [0.29, 0.717) is 19.6 Å². The van der Waals surface area contributed by atoms with Gasteiger partial charge in [0, 0.05) is 43.5 Å². The lowest BCUT2D eigenvalue weighted by Crippen LogP contribution is -2.48. The number of piperidine rings is 1. The Labute approximate surface area is 142 Å². The third-order valence-corrected chi connectivity index (χ3v) is 5.36. The first kappa shape index (κ1) is 17.8. The SMILES string of the molecule is CCN(CC)C(=O)N1CCC(C(=O)NCCc2cccs2)CC1. The monoisotopic (exact) mass is 337 g/mol. The Bertz CT molecular complexity index is 492. The standard InChI is InChI=1S/C17H27N3O2S/c1-3-19(4-2)17(22)20-11-8-14(9-12-20)16(21)18-10-7-15-6-5-13-23-15/h5-6,13-14H,3-4,7-12H2,1-2H3,(H,18,21). The topological polar surface area (TPSA) is 52.7 Å². The summed E-state index contributed by atoms with van der Waals surface area (Å²) in [5.74, 6) is 0.176. The summed E-state index contributed by atoms with van der Waals surface area (Å²) in [4.78, 5) is 29.5. The number of hydrogen-bond donors (Lipinski definition) is 1. The van der Waals surface area contributed by atoms with E-state index in [9.17, 15) is 9.59 Å². The van der Waals surface area contributed by atoms with Gasteiger partial charge in [0.2, 0.25) is 5.91 Å². The van der Waals surface area contributed by atoms with Crippen LogP contribution in [-0.2, 0) is 11.2 Å². The summed E-state index contributed by atoms with van der Waals surface area (Å²) in [5, 5.41) is 5.09. The molecule has 0 unspecified atom stereocenters. The number of urea groups is 1. The summed E-state index contributed by atoms with van der Waals surface area (Å²) in [7, 11) is 0. The van der Waals surface area contributed by atoms with Crippen LogP contribution in [0.15, 0.2) is 17.5 Å². The van der Waals surface area contributed by atoms with Gasteiger partial charge in [-0.15, -0.1) is 11.3 Å². The van der Waals surface area contributed by atoms with Crippen molar-refractivity contribution < 1.29 is 9.59 Å². The second-order valence-electron chi connectivity index (χ2n) is 5.84. The lowest BCUT2D eigenvalue weighted by molar-refractivity contribution is -0.126. The zero-order valence-electron chi connectivity index (χ0n) is 14.1. The van der Waals surface area contributed by atoms with Crippen molar-refractivity contribution in [2.75, 3.05) is 32.7 Å². The van der Waals surface area contributed by atoms with Crippen LogP contribution in [0.1, 0.15) is 31.6 Å². The molecule has 0 saturated carbocycles. The van der Waals surface area contributed by atoms with Crippen molar-refractivity contribution >= 4 is 23.3 Å². The highest BCUT2D eigenvalue weighted by atomic mass is 32.1. The third-order valence-electron chi connectivity index (χ3n) is 4.42. The van der Waals surface area contributed by atoms with Crippen LogP contribution in [0.3, 0.4) is 0 Å². The Morgan fingerprint density at radius 2 is 2.00 bits per heavy atom. The number of carbonyl (C=O) groups is 2. The zero-order valence-corrected chi connectivity index (χ0v) is 14.9. The normalized spacial score (nSPS) is 15.5. The van der Waals surface area contributed by atoms with Crippen LogP contribution >= 0.6 is 11.3 Å². The van der Waals surface area contributed by atoms with Gasteiger partial charge in [0.25, 0.3) is 0 Å². The number of thiophene rings is 1. The molecule has 1 saturated heterocycles. The molecule has 0 radical (unpaired) electrons. The van der Waals surface area contributed by atoms with E-state index in [1.807, 2.05) is 29.7 Å². The lowest BCUT2D eigenvalue weighted by Gasteiger charge is -2.34. The summed E-state index contributed by atoms with van der Waals surface area (Å²) in [6.45, 7) is 7.51. The molecule has 1 fully saturated rings. The fourth-order valence-electron chi connectivity index (χ4n) is 2.94. The minimum Gasteiger partial charge on any atom is -0.355 e. The van der Waals surface area contributed by atoms with Crippen LogP contribution in [0, 0.1) is 5.92 Å². The molecule has 1 aliphatic rings. The molecule has 1 aliphatic heterocycles. The highest BCUT2D eigenvalue weighted by Gasteiger charge is 2.28. The fourth-order valence-corrected chi connectivity index (χ4v) is 3.64. The number of amides is 3. The van der Waals surface area contributed by atoms with Gasteiger partial charge >= 0.3 is 6.03 Å². The Hall–Kier alpha value is -1.56. The highest BCUT2D eigenvalue weighted by molar-refractivity contribution is 7.09. The molecule has 5 nitrogen and oxygen atoms in total. The molecule has 1 aromatic rings. The first-order valence-electron chi connectivity index (χ1n) is 8.49. The van der Waals surface area contributed by atoms with Crippen LogP contribution in [0.25, 0.3) is 0 Å². The highest BCUT2D eigenvalue weighted by Crippen LogP contribution is 2.18. The first-order valence-corrected chi connectivity index (χ1v) is 9.37. The summed E-state index contributed by atoms with van der Waals surface area (Å²) in [6.07, 6.45) is 2.42. The van der Waals surface area contributed by atoms with Gasteiger partial charge in [0.05, 0.1) is 0 Å². The van der Waals surface area contributed by atoms with Crippen LogP contribution in [-0.4, -0.2) is 54.5 Å². The van der Waals surface area contributed by atoms with Gasteiger partial charge in [0.15, 0.2) is 0 Å². The number of hydrogen-bond acceptors (Lipinski definition) is 3. The average Bonchev–Trinajstić information content (AvgIpc) is 3.09. The first-order chi connectivity index (χ1) is 11.2. The van der Waals surface area contributed by atoms with Crippen molar-refractivity contribution in [1.29, 1.82) is 0 Å². The van der Waals surface area contributed by atoms with Crippen molar-refractivity contribution in [3.05, 3.63) is 22.4 Å². The van der Waals surface area contributed by atoms with Crippen LogP contribution in [0.5, 0.6) is 0 Å². The third kappa shape index (κ3) is 4.96. The van der Waals surface area contributed by atoms with Crippen molar-refractivity contribution in [1.82, 2.24) is 15.1 Å². The van der Waals surface area contributed by atoms with Gasteiger partial charge in [-0.25, -0.2) is 4.79 Å². The van der Waals surface area contributed by atoms with E-state index in [1.54, 1.807) is 11.3 Å². The minimum absolute atomic E-state index is 0.0408. The molecule has 0 bridgehead atoms. The smallest absolute Gasteiger partial charge is 0.319 e. The molecule has 2 heterocycles. The van der Waals surface area contributed by atoms with Gasteiger partial charge in [-0.05, 0) is 44.6 Å². The molecule has 23 heavy (non-hydrogen) atoms. The summed E-state index contributed by atoms with van der Waals surface area (Å²) in [6, 6.07) is 4.23. The predicted octanol–water partition coefficient (Wildman–Crippen LogP) is 2.58. The van der Waals surface area contributed by atoms with E-state index >= 15 is 0 Å². The van der Waals surface area contributed by atoms with Crippen molar-refractivity contribution in [2.24, 2.45) is 5.92 Å². The number of nitrogens with one attached hydrogen (secondary N) is 1. The van der Waals surface area contributed by atoms with E-state index in [2.05, 4.69) is 16.8 Å². The Morgan fingerprint density at radius 1 is 1.30 bits per heavy atom. The predicted molar refractivity (Wildman–Crippen MR) is 93.6 cm³/mol. The van der Waals surface area contributed by atoms with Crippen LogP contribution in [0.2, 0.25) is 0 Å². The van der Waals surface area contributed by atoms with E-state index < -0.39 is 0 Å². The largest absolute Gasteiger partial charge is 0.355 e. The van der Waals surface area contributed by atoms with Gasteiger partial charge in [-0.1, -0.05) is 6.07 Å². The summed E-state index contributed by atoms with van der Waals surface area (Å²) >= 11 is 1.72. The molecule has 1 N–H and O–H groups in total. The molecular formula is C17H27N3O2S.